The third kappa shape index (κ3) is 4.62. The number of likely N-dealkylation sites (tertiary alicyclic amines) is 1. The summed E-state index contributed by atoms with van der Waals surface area (Å²) in [6.45, 7) is 4.19. The Kier molecular flexibility index (Phi) is 6.52. The van der Waals surface area contributed by atoms with Crippen molar-refractivity contribution >= 4 is 23.6 Å². The Morgan fingerprint density at radius 1 is 1.25 bits per heavy atom. The smallest absolute Gasteiger partial charge is 0.357 e. The van der Waals surface area contributed by atoms with Gasteiger partial charge in [0, 0.05) is 12.6 Å². The maximum Gasteiger partial charge on any atom is 0.357 e. The second kappa shape index (κ2) is 9.25. The van der Waals surface area contributed by atoms with Gasteiger partial charge in [-0.05, 0) is 54.7 Å². The van der Waals surface area contributed by atoms with Crippen molar-refractivity contribution in [2.45, 2.75) is 45.6 Å². The molecule has 1 amide bonds. The van der Waals surface area contributed by atoms with Gasteiger partial charge in [-0.1, -0.05) is 37.3 Å². The molecular weight excluding hydrogens is 358 g/mol. The summed E-state index contributed by atoms with van der Waals surface area (Å²) >= 11 is 0. The lowest BCUT2D eigenvalue weighted by atomic mass is 10.00. The molecule has 0 saturated carbocycles. The van der Waals surface area contributed by atoms with E-state index in [0.29, 0.717) is 12.4 Å². The van der Waals surface area contributed by atoms with Crippen LogP contribution in [0.4, 0.5) is 0 Å². The highest BCUT2D eigenvalue weighted by molar-refractivity contribution is 6.15. The number of piperidine rings is 1. The number of amides is 1. The van der Waals surface area contributed by atoms with E-state index in [1.165, 1.54) is 4.68 Å². The highest BCUT2D eigenvalue weighted by atomic mass is 16.5. The molecule has 1 aromatic carbocycles. The first kappa shape index (κ1) is 19.7. The van der Waals surface area contributed by atoms with Gasteiger partial charge in [0.2, 0.25) is 0 Å². The quantitative estimate of drug-likeness (QED) is 0.562. The molecule has 28 heavy (non-hydrogen) atoms. The molecule has 8 heteroatoms. The van der Waals surface area contributed by atoms with Crippen LogP contribution in [0.5, 0.6) is 0 Å². The van der Waals surface area contributed by atoms with Crippen LogP contribution in [-0.2, 0) is 14.3 Å². The molecule has 1 aliphatic rings. The molecule has 1 saturated heterocycles. The molecule has 8 nitrogen and oxygen atoms in total. The number of nitrogens with zero attached hydrogens (tertiary/aromatic N) is 5. The number of aromatic nitrogens is 4. The van der Waals surface area contributed by atoms with E-state index >= 15 is 0 Å². The number of hydrogen-bond acceptors (Lipinski definition) is 6. The van der Waals surface area contributed by atoms with Gasteiger partial charge in [-0.15, -0.1) is 5.10 Å². The van der Waals surface area contributed by atoms with E-state index in [4.69, 9.17) is 4.74 Å². The summed E-state index contributed by atoms with van der Waals surface area (Å²) in [5.41, 5.74) is 0.963. The third-order valence-corrected chi connectivity index (χ3v) is 4.91. The monoisotopic (exact) mass is 383 g/mol. The maximum atomic E-state index is 12.8. The zero-order valence-electron chi connectivity index (χ0n) is 16.2. The molecule has 0 spiro atoms. The van der Waals surface area contributed by atoms with E-state index in [2.05, 4.69) is 22.4 Å². The highest BCUT2D eigenvalue weighted by Crippen LogP contribution is 2.20. The van der Waals surface area contributed by atoms with Crippen LogP contribution in [0, 0.1) is 6.92 Å². The van der Waals surface area contributed by atoms with Gasteiger partial charge in [-0.3, -0.25) is 4.79 Å². The molecule has 0 aliphatic carbocycles. The van der Waals surface area contributed by atoms with Crippen molar-refractivity contribution in [2.24, 2.45) is 0 Å². The maximum absolute atomic E-state index is 12.8. The van der Waals surface area contributed by atoms with Crippen LogP contribution >= 0.6 is 0 Å². The van der Waals surface area contributed by atoms with Gasteiger partial charge in [0.25, 0.3) is 5.91 Å². The predicted octanol–water partition coefficient (Wildman–Crippen LogP) is 2.31. The Labute approximate surface area is 164 Å². The average Bonchev–Trinajstić information content (AvgIpc) is 3.16. The largest absolute Gasteiger partial charge is 0.451 e. The van der Waals surface area contributed by atoms with Gasteiger partial charge < -0.3 is 9.64 Å². The standard InChI is InChI=1S/C20H25N5O3/c1-3-17-11-7-8-12-24(17)19(26)14-28-20(27)18(25-15(2)21-22-23-25)13-16-9-5-4-6-10-16/h4-6,9-10,13,17H,3,7-8,11-12,14H2,1-2H3/b18-13-/t17-/m1/s1. The Morgan fingerprint density at radius 2 is 2.04 bits per heavy atom. The SMILES string of the molecule is CC[C@@H]1CCCCN1C(=O)COC(=O)/C(=C/c1ccccc1)n1nnnc1C. The first-order chi connectivity index (χ1) is 13.6. The Morgan fingerprint density at radius 3 is 2.71 bits per heavy atom. The molecule has 0 radical (unpaired) electrons. The van der Waals surface area contributed by atoms with E-state index in [1.54, 1.807) is 13.0 Å². The number of ether oxygens (including phenoxy) is 1. The van der Waals surface area contributed by atoms with Crippen LogP contribution in [0.25, 0.3) is 11.8 Å². The lowest BCUT2D eigenvalue weighted by Crippen LogP contribution is -2.45. The molecule has 0 unspecified atom stereocenters. The molecule has 0 bridgehead atoms. The van der Waals surface area contributed by atoms with E-state index in [0.717, 1.165) is 31.2 Å². The molecule has 1 aliphatic heterocycles. The van der Waals surface area contributed by atoms with Gasteiger partial charge in [-0.2, -0.15) is 4.68 Å². The molecule has 2 heterocycles. The van der Waals surface area contributed by atoms with Crippen molar-refractivity contribution in [3.63, 3.8) is 0 Å². The Bertz CT molecular complexity index is 847. The average molecular weight is 383 g/mol. The summed E-state index contributed by atoms with van der Waals surface area (Å²) in [5.74, 6) is -0.349. The van der Waals surface area contributed by atoms with Crippen molar-refractivity contribution in [1.29, 1.82) is 0 Å². The van der Waals surface area contributed by atoms with Crippen LogP contribution in [0.3, 0.4) is 0 Å². The van der Waals surface area contributed by atoms with Crippen LogP contribution in [0.1, 0.15) is 44.0 Å². The van der Waals surface area contributed by atoms with E-state index in [9.17, 15) is 9.59 Å². The minimum absolute atomic E-state index is 0.159. The fourth-order valence-electron chi connectivity index (χ4n) is 3.41. The highest BCUT2D eigenvalue weighted by Gasteiger charge is 2.27. The molecule has 1 aromatic heterocycles. The minimum atomic E-state index is -0.641. The minimum Gasteiger partial charge on any atom is -0.451 e. The van der Waals surface area contributed by atoms with E-state index in [1.807, 2.05) is 35.2 Å². The lowest BCUT2D eigenvalue weighted by Gasteiger charge is -2.35. The van der Waals surface area contributed by atoms with Gasteiger partial charge in [0.1, 0.15) is 0 Å². The molecule has 0 N–H and O–H groups in total. The molecule has 3 rings (SSSR count). The van der Waals surface area contributed by atoms with Crippen molar-refractivity contribution in [2.75, 3.05) is 13.2 Å². The summed E-state index contributed by atoms with van der Waals surface area (Å²) in [4.78, 5) is 27.2. The zero-order valence-corrected chi connectivity index (χ0v) is 16.2. The van der Waals surface area contributed by atoms with E-state index in [-0.39, 0.29) is 24.3 Å². The first-order valence-corrected chi connectivity index (χ1v) is 9.59. The first-order valence-electron chi connectivity index (χ1n) is 9.59. The number of carbonyl (C=O) groups is 2. The summed E-state index contributed by atoms with van der Waals surface area (Å²) < 4.78 is 6.66. The summed E-state index contributed by atoms with van der Waals surface area (Å²) in [6, 6.07) is 9.56. The molecule has 1 atom stereocenters. The van der Waals surface area contributed by atoms with Crippen molar-refractivity contribution in [1.82, 2.24) is 25.1 Å². The number of tetrazole rings is 1. The topological polar surface area (TPSA) is 90.2 Å². The normalized spacial score (nSPS) is 17.4. The zero-order chi connectivity index (χ0) is 19.9. The molecule has 1 fully saturated rings. The van der Waals surface area contributed by atoms with Gasteiger partial charge in [-0.25, -0.2) is 4.79 Å². The number of benzene rings is 1. The van der Waals surface area contributed by atoms with Gasteiger partial charge in [0.05, 0.1) is 0 Å². The number of esters is 1. The van der Waals surface area contributed by atoms with Crippen LogP contribution in [0.15, 0.2) is 30.3 Å². The van der Waals surface area contributed by atoms with Crippen LogP contribution in [-0.4, -0.2) is 56.2 Å². The second-order valence-corrected chi connectivity index (χ2v) is 6.80. The third-order valence-electron chi connectivity index (χ3n) is 4.91. The van der Waals surface area contributed by atoms with Gasteiger partial charge in [0.15, 0.2) is 18.1 Å². The summed E-state index contributed by atoms with van der Waals surface area (Å²) in [6.07, 6.45) is 5.66. The number of carbonyl (C=O) groups excluding carboxylic acids is 2. The van der Waals surface area contributed by atoms with Crippen molar-refractivity contribution < 1.29 is 14.3 Å². The predicted molar refractivity (Wildman–Crippen MR) is 104 cm³/mol. The van der Waals surface area contributed by atoms with Crippen LogP contribution in [0.2, 0.25) is 0 Å². The Hall–Kier alpha value is -3.03. The Balaban J connectivity index is 1.74. The van der Waals surface area contributed by atoms with Crippen molar-refractivity contribution in [3.05, 3.63) is 41.7 Å². The number of aryl methyl sites for hydroxylation is 1. The van der Waals surface area contributed by atoms with Crippen LogP contribution < -0.4 is 0 Å². The number of rotatable bonds is 6. The van der Waals surface area contributed by atoms with Crippen molar-refractivity contribution in [3.8, 4) is 0 Å². The summed E-state index contributed by atoms with van der Waals surface area (Å²) in [7, 11) is 0. The second-order valence-electron chi connectivity index (χ2n) is 6.80. The lowest BCUT2D eigenvalue weighted by molar-refractivity contribution is -0.149. The fourth-order valence-corrected chi connectivity index (χ4v) is 3.41. The molecule has 2 aromatic rings. The molecule has 148 valence electrons. The molecular formula is C20H25N5O3. The van der Waals surface area contributed by atoms with Gasteiger partial charge >= 0.3 is 5.97 Å². The van der Waals surface area contributed by atoms with E-state index < -0.39 is 5.97 Å². The number of hydrogen-bond donors (Lipinski definition) is 0. The fraction of sp³-hybridized carbons (Fsp3) is 0.450. The summed E-state index contributed by atoms with van der Waals surface area (Å²) in [5, 5.41) is 11.3.